The molecule has 2 heteroatoms. The molecule has 2 nitrogen and oxygen atoms in total. The minimum atomic E-state index is 0.412. The summed E-state index contributed by atoms with van der Waals surface area (Å²) in [6, 6.07) is 0. The number of rotatable bonds is 4. The van der Waals surface area contributed by atoms with Crippen molar-refractivity contribution in [3.63, 3.8) is 0 Å². The van der Waals surface area contributed by atoms with E-state index in [9.17, 15) is 0 Å². The Bertz CT molecular complexity index is 166. The molecule has 1 heterocycles. The van der Waals surface area contributed by atoms with Crippen molar-refractivity contribution in [1.82, 2.24) is 10.2 Å². The minimum Gasteiger partial charge on any atom is -0.319 e. The zero-order valence-electron chi connectivity index (χ0n) is 10.3. The van der Waals surface area contributed by atoms with Crippen molar-refractivity contribution in [3.05, 3.63) is 0 Å². The van der Waals surface area contributed by atoms with E-state index >= 15 is 0 Å². The molecule has 1 saturated heterocycles. The monoisotopic (exact) mass is 198 g/mol. The summed E-state index contributed by atoms with van der Waals surface area (Å²) >= 11 is 0. The zero-order chi connectivity index (χ0) is 10.6. The Balaban J connectivity index is 2.47. The second-order valence-corrected chi connectivity index (χ2v) is 5.22. The number of hydrogen-bond donors (Lipinski definition) is 1. The number of hydrogen-bond acceptors (Lipinski definition) is 2. The van der Waals surface area contributed by atoms with Crippen LogP contribution in [0, 0.1) is 5.92 Å². The normalized spacial score (nSPS) is 27.9. The Morgan fingerprint density at radius 3 is 2.64 bits per heavy atom. The van der Waals surface area contributed by atoms with Gasteiger partial charge in [-0.3, -0.25) is 4.90 Å². The van der Waals surface area contributed by atoms with Gasteiger partial charge in [0.15, 0.2) is 0 Å². The molecule has 1 unspecified atom stereocenters. The molecule has 0 aromatic heterocycles. The molecule has 0 aromatic carbocycles. The summed E-state index contributed by atoms with van der Waals surface area (Å²) in [5.74, 6) is 0.878. The first kappa shape index (κ1) is 12.0. The van der Waals surface area contributed by atoms with Gasteiger partial charge in [0, 0.05) is 5.54 Å². The van der Waals surface area contributed by atoms with Crippen molar-refractivity contribution in [3.8, 4) is 0 Å². The number of nitrogens with zero attached hydrogens (tertiary/aromatic N) is 1. The van der Waals surface area contributed by atoms with Crippen molar-refractivity contribution in [2.45, 2.75) is 45.6 Å². The Kier molecular flexibility index (Phi) is 4.39. The molecule has 1 atom stereocenters. The quantitative estimate of drug-likeness (QED) is 0.744. The summed E-state index contributed by atoms with van der Waals surface area (Å²) in [7, 11) is 2.06. The van der Waals surface area contributed by atoms with Gasteiger partial charge >= 0.3 is 0 Å². The predicted molar refractivity (Wildman–Crippen MR) is 62.6 cm³/mol. The Hall–Kier alpha value is -0.0800. The third-order valence-corrected chi connectivity index (χ3v) is 3.44. The van der Waals surface area contributed by atoms with E-state index < -0.39 is 0 Å². The first-order valence-corrected chi connectivity index (χ1v) is 6.00. The van der Waals surface area contributed by atoms with Crippen LogP contribution in [0.3, 0.4) is 0 Å². The molecule has 0 bridgehead atoms. The van der Waals surface area contributed by atoms with Crippen LogP contribution >= 0.6 is 0 Å². The summed E-state index contributed by atoms with van der Waals surface area (Å²) in [6.45, 7) is 10.8. The summed E-state index contributed by atoms with van der Waals surface area (Å²) in [4.78, 5) is 2.65. The van der Waals surface area contributed by atoms with E-state index in [0.717, 1.165) is 5.92 Å². The third kappa shape index (κ3) is 2.96. The fourth-order valence-corrected chi connectivity index (χ4v) is 2.73. The lowest BCUT2D eigenvalue weighted by Crippen LogP contribution is -2.51. The SMILES string of the molecule is CCCN1CCC(CNC)CC1(C)C. The van der Waals surface area contributed by atoms with Gasteiger partial charge in [-0.2, -0.15) is 0 Å². The van der Waals surface area contributed by atoms with Gasteiger partial charge in [0.1, 0.15) is 0 Å². The Morgan fingerprint density at radius 2 is 2.14 bits per heavy atom. The van der Waals surface area contributed by atoms with Gasteiger partial charge in [0.2, 0.25) is 0 Å². The maximum Gasteiger partial charge on any atom is 0.0156 e. The fourth-order valence-electron chi connectivity index (χ4n) is 2.73. The van der Waals surface area contributed by atoms with Crippen LogP contribution in [0.15, 0.2) is 0 Å². The lowest BCUT2D eigenvalue weighted by molar-refractivity contribution is 0.0473. The minimum absolute atomic E-state index is 0.412. The lowest BCUT2D eigenvalue weighted by atomic mass is 9.82. The lowest BCUT2D eigenvalue weighted by Gasteiger charge is -2.45. The van der Waals surface area contributed by atoms with E-state index in [0.29, 0.717) is 5.54 Å². The third-order valence-electron chi connectivity index (χ3n) is 3.44. The summed E-state index contributed by atoms with van der Waals surface area (Å²) in [5.41, 5.74) is 0.412. The van der Waals surface area contributed by atoms with Gasteiger partial charge < -0.3 is 5.32 Å². The molecular formula is C12H26N2. The molecule has 0 radical (unpaired) electrons. The number of likely N-dealkylation sites (tertiary alicyclic amines) is 1. The van der Waals surface area contributed by atoms with Crippen molar-refractivity contribution >= 4 is 0 Å². The van der Waals surface area contributed by atoms with Gasteiger partial charge in [-0.15, -0.1) is 0 Å². The molecule has 84 valence electrons. The molecule has 14 heavy (non-hydrogen) atoms. The molecule has 1 aliphatic rings. The van der Waals surface area contributed by atoms with Crippen LogP contribution in [-0.2, 0) is 0 Å². The smallest absolute Gasteiger partial charge is 0.0156 e. The first-order valence-electron chi connectivity index (χ1n) is 6.00. The van der Waals surface area contributed by atoms with Crippen molar-refractivity contribution in [2.24, 2.45) is 5.92 Å². The topological polar surface area (TPSA) is 15.3 Å². The van der Waals surface area contributed by atoms with E-state index in [2.05, 4.69) is 38.0 Å². The van der Waals surface area contributed by atoms with Crippen molar-refractivity contribution in [1.29, 1.82) is 0 Å². The molecule has 0 spiro atoms. The van der Waals surface area contributed by atoms with Crippen LogP contribution in [0.2, 0.25) is 0 Å². The molecule has 1 aliphatic heterocycles. The second-order valence-electron chi connectivity index (χ2n) is 5.22. The largest absolute Gasteiger partial charge is 0.319 e. The highest BCUT2D eigenvalue weighted by Crippen LogP contribution is 2.30. The van der Waals surface area contributed by atoms with E-state index in [1.54, 1.807) is 0 Å². The standard InChI is InChI=1S/C12H26N2/c1-5-7-14-8-6-11(10-13-4)9-12(14,2)3/h11,13H,5-10H2,1-4H3. The van der Waals surface area contributed by atoms with Gasteiger partial charge in [-0.25, -0.2) is 0 Å². The molecule has 0 amide bonds. The van der Waals surface area contributed by atoms with Crippen LogP contribution in [0.1, 0.15) is 40.0 Å². The molecule has 0 aliphatic carbocycles. The highest BCUT2D eigenvalue weighted by atomic mass is 15.2. The highest BCUT2D eigenvalue weighted by Gasteiger charge is 2.33. The first-order chi connectivity index (χ1) is 6.60. The Labute approximate surface area is 89.1 Å². The van der Waals surface area contributed by atoms with E-state index in [-0.39, 0.29) is 0 Å². The molecular weight excluding hydrogens is 172 g/mol. The Morgan fingerprint density at radius 1 is 1.43 bits per heavy atom. The van der Waals surface area contributed by atoms with Gasteiger partial charge in [0.05, 0.1) is 0 Å². The maximum atomic E-state index is 3.30. The molecule has 1 fully saturated rings. The van der Waals surface area contributed by atoms with Crippen LogP contribution in [0.25, 0.3) is 0 Å². The van der Waals surface area contributed by atoms with Gasteiger partial charge in [-0.1, -0.05) is 6.92 Å². The van der Waals surface area contributed by atoms with Crippen LogP contribution < -0.4 is 5.32 Å². The zero-order valence-corrected chi connectivity index (χ0v) is 10.3. The molecule has 0 saturated carbocycles. The molecule has 1 rings (SSSR count). The van der Waals surface area contributed by atoms with Crippen LogP contribution in [0.4, 0.5) is 0 Å². The van der Waals surface area contributed by atoms with E-state index in [4.69, 9.17) is 0 Å². The van der Waals surface area contributed by atoms with Crippen molar-refractivity contribution in [2.75, 3.05) is 26.7 Å². The fraction of sp³-hybridized carbons (Fsp3) is 1.00. The van der Waals surface area contributed by atoms with Gasteiger partial charge in [0.25, 0.3) is 0 Å². The molecule has 1 N–H and O–H groups in total. The van der Waals surface area contributed by atoms with E-state index in [1.165, 1.54) is 38.9 Å². The summed E-state index contributed by atoms with van der Waals surface area (Å²) in [5, 5.41) is 3.30. The molecule has 0 aromatic rings. The van der Waals surface area contributed by atoms with Crippen LogP contribution in [0.5, 0.6) is 0 Å². The van der Waals surface area contributed by atoms with E-state index in [1.807, 2.05) is 0 Å². The highest BCUT2D eigenvalue weighted by molar-refractivity contribution is 4.89. The predicted octanol–water partition coefficient (Wildman–Crippen LogP) is 2.11. The number of piperidine rings is 1. The number of nitrogens with one attached hydrogen (secondary N) is 1. The summed E-state index contributed by atoms with van der Waals surface area (Å²) in [6.07, 6.45) is 3.98. The van der Waals surface area contributed by atoms with Crippen molar-refractivity contribution < 1.29 is 0 Å². The maximum absolute atomic E-state index is 3.30. The van der Waals surface area contributed by atoms with Crippen LogP contribution in [-0.4, -0.2) is 37.1 Å². The average molecular weight is 198 g/mol. The second kappa shape index (κ2) is 5.13. The van der Waals surface area contributed by atoms with Gasteiger partial charge in [-0.05, 0) is 65.7 Å². The average Bonchev–Trinajstić information content (AvgIpc) is 2.10. The summed E-state index contributed by atoms with van der Waals surface area (Å²) < 4.78 is 0.